The molecule has 1 unspecified atom stereocenters. The summed E-state index contributed by atoms with van der Waals surface area (Å²) in [5.41, 5.74) is 1.27. The standard InChI is InChI=1S/C19H10Cl2F3N5S/c20-14-4-13(5-15(21)6-14)18(19(22,23)24)7-16(28-30-18)11-1-2-17(12(3-11)8-25)29-10-26-9-27-29/h1-6,9-10H,7H2. The summed E-state index contributed by atoms with van der Waals surface area (Å²) in [7, 11) is 0. The van der Waals surface area contributed by atoms with Crippen LogP contribution in [0.1, 0.15) is 23.1 Å². The Hall–Kier alpha value is -2.54. The van der Waals surface area contributed by atoms with Gasteiger partial charge >= 0.3 is 6.18 Å². The minimum Gasteiger partial charge on any atom is -0.223 e. The molecular formula is C19H10Cl2F3N5S. The van der Waals surface area contributed by atoms with Crippen molar-refractivity contribution in [1.82, 2.24) is 14.8 Å². The van der Waals surface area contributed by atoms with Crippen LogP contribution in [0.5, 0.6) is 0 Å². The minimum absolute atomic E-state index is 0.0732. The van der Waals surface area contributed by atoms with Crippen molar-refractivity contribution in [3.63, 3.8) is 0 Å². The van der Waals surface area contributed by atoms with Crippen LogP contribution in [0.15, 0.2) is 53.5 Å². The highest BCUT2D eigenvalue weighted by atomic mass is 35.5. The zero-order valence-electron chi connectivity index (χ0n) is 14.9. The van der Waals surface area contributed by atoms with E-state index in [4.69, 9.17) is 23.2 Å². The lowest BCUT2D eigenvalue weighted by Crippen LogP contribution is -2.38. The third kappa shape index (κ3) is 3.55. The Balaban J connectivity index is 1.74. The van der Waals surface area contributed by atoms with Crippen LogP contribution in [0.3, 0.4) is 0 Å². The van der Waals surface area contributed by atoms with E-state index in [1.165, 1.54) is 41.6 Å². The zero-order valence-corrected chi connectivity index (χ0v) is 17.2. The molecule has 5 nitrogen and oxygen atoms in total. The molecule has 0 saturated heterocycles. The van der Waals surface area contributed by atoms with Crippen molar-refractivity contribution < 1.29 is 13.2 Å². The first-order chi connectivity index (χ1) is 14.2. The van der Waals surface area contributed by atoms with Crippen molar-refractivity contribution in [3.05, 3.63) is 75.8 Å². The van der Waals surface area contributed by atoms with E-state index in [2.05, 4.69) is 14.5 Å². The zero-order chi connectivity index (χ0) is 21.5. The van der Waals surface area contributed by atoms with Crippen LogP contribution < -0.4 is 0 Å². The molecule has 0 spiro atoms. The highest BCUT2D eigenvalue weighted by molar-refractivity contribution is 7.99. The Morgan fingerprint density at radius 2 is 1.87 bits per heavy atom. The Bertz CT molecular complexity index is 1170. The maximum atomic E-state index is 14.2. The van der Waals surface area contributed by atoms with E-state index in [-0.39, 0.29) is 26.9 Å². The summed E-state index contributed by atoms with van der Waals surface area (Å²) < 4.78 is 45.8. The molecule has 1 aromatic heterocycles. The van der Waals surface area contributed by atoms with Gasteiger partial charge in [-0.1, -0.05) is 29.3 Å². The van der Waals surface area contributed by atoms with Crippen LogP contribution in [-0.2, 0) is 4.75 Å². The van der Waals surface area contributed by atoms with Crippen LogP contribution in [0, 0.1) is 11.3 Å². The third-order valence-corrected chi connectivity index (χ3v) is 6.30. The van der Waals surface area contributed by atoms with Crippen LogP contribution in [-0.4, -0.2) is 26.7 Å². The van der Waals surface area contributed by atoms with Crippen molar-refractivity contribution in [2.75, 3.05) is 0 Å². The van der Waals surface area contributed by atoms with Gasteiger partial charge in [0, 0.05) is 16.5 Å². The second kappa shape index (κ2) is 7.61. The molecule has 0 aliphatic carbocycles. The summed E-state index contributed by atoms with van der Waals surface area (Å²) >= 11 is 12.3. The molecule has 0 fully saturated rings. The van der Waals surface area contributed by atoms with Gasteiger partial charge in [0.25, 0.3) is 0 Å². The number of alkyl halides is 3. The summed E-state index contributed by atoms with van der Waals surface area (Å²) in [6.07, 6.45) is -2.29. The second-order valence-electron chi connectivity index (χ2n) is 6.47. The van der Waals surface area contributed by atoms with Crippen molar-refractivity contribution in [3.8, 4) is 11.8 Å². The molecule has 0 N–H and O–H groups in total. The number of hydrogen-bond donors (Lipinski definition) is 0. The summed E-state index contributed by atoms with van der Waals surface area (Å²) in [5.74, 6) is 0. The van der Waals surface area contributed by atoms with Crippen LogP contribution in [0.25, 0.3) is 5.69 Å². The van der Waals surface area contributed by atoms with Gasteiger partial charge in [0.05, 0.1) is 17.0 Å². The first-order valence-electron chi connectivity index (χ1n) is 8.41. The predicted octanol–water partition coefficient (Wildman–Crippen LogP) is 5.74. The fraction of sp³-hybridized carbons (Fsp3) is 0.158. The van der Waals surface area contributed by atoms with Gasteiger partial charge in [-0.05, 0) is 53.4 Å². The first-order valence-corrected chi connectivity index (χ1v) is 9.94. The van der Waals surface area contributed by atoms with Gasteiger partial charge < -0.3 is 0 Å². The summed E-state index contributed by atoms with van der Waals surface area (Å²) in [4.78, 5) is 3.84. The van der Waals surface area contributed by atoms with Crippen LogP contribution in [0.2, 0.25) is 10.0 Å². The smallest absolute Gasteiger partial charge is 0.223 e. The Morgan fingerprint density at radius 1 is 1.13 bits per heavy atom. The minimum atomic E-state index is -4.62. The number of hydrogen-bond acceptors (Lipinski definition) is 5. The quantitative estimate of drug-likeness (QED) is 0.460. The average molecular weight is 468 g/mol. The highest BCUT2D eigenvalue weighted by Gasteiger charge is 2.60. The third-order valence-electron chi connectivity index (χ3n) is 4.63. The Kier molecular flexibility index (Phi) is 5.26. The summed E-state index contributed by atoms with van der Waals surface area (Å²) in [6.45, 7) is 0. The van der Waals surface area contributed by atoms with Gasteiger partial charge in [-0.15, -0.1) is 0 Å². The molecule has 0 bridgehead atoms. The van der Waals surface area contributed by atoms with E-state index in [1.54, 1.807) is 12.1 Å². The monoisotopic (exact) mass is 467 g/mol. The molecular weight excluding hydrogens is 458 g/mol. The topological polar surface area (TPSA) is 66.9 Å². The van der Waals surface area contributed by atoms with E-state index < -0.39 is 17.3 Å². The van der Waals surface area contributed by atoms with E-state index in [1.807, 2.05) is 6.07 Å². The maximum absolute atomic E-state index is 14.2. The van der Waals surface area contributed by atoms with Gasteiger partial charge in [0.2, 0.25) is 0 Å². The first kappa shape index (κ1) is 20.7. The lowest BCUT2D eigenvalue weighted by atomic mass is 9.89. The SMILES string of the molecule is N#Cc1cc(C2=NSC(c3cc(Cl)cc(Cl)c3)(C(F)(F)F)C2)ccc1-n1cncn1. The van der Waals surface area contributed by atoms with Crippen LogP contribution in [0.4, 0.5) is 13.2 Å². The fourth-order valence-electron chi connectivity index (χ4n) is 3.18. The fourth-order valence-corrected chi connectivity index (χ4v) is 4.67. The predicted molar refractivity (Wildman–Crippen MR) is 109 cm³/mol. The number of nitrogens with zero attached hydrogens (tertiary/aromatic N) is 5. The molecule has 152 valence electrons. The van der Waals surface area contributed by atoms with E-state index in [0.29, 0.717) is 23.2 Å². The van der Waals surface area contributed by atoms with Crippen molar-refractivity contribution in [2.45, 2.75) is 17.3 Å². The van der Waals surface area contributed by atoms with E-state index in [0.717, 1.165) is 0 Å². The van der Waals surface area contributed by atoms with Crippen molar-refractivity contribution >= 4 is 40.9 Å². The number of nitriles is 1. The van der Waals surface area contributed by atoms with Crippen molar-refractivity contribution in [2.24, 2.45) is 4.40 Å². The van der Waals surface area contributed by atoms with Crippen LogP contribution >= 0.6 is 35.1 Å². The Morgan fingerprint density at radius 3 is 2.47 bits per heavy atom. The number of aromatic nitrogens is 3. The molecule has 30 heavy (non-hydrogen) atoms. The Labute approximate surface area is 183 Å². The summed E-state index contributed by atoms with van der Waals surface area (Å²) in [6, 6.07) is 10.6. The molecule has 4 rings (SSSR count). The average Bonchev–Trinajstić information content (AvgIpc) is 3.37. The number of benzene rings is 2. The van der Waals surface area contributed by atoms with Gasteiger partial charge in [0.15, 0.2) is 4.75 Å². The largest absolute Gasteiger partial charge is 0.409 e. The van der Waals surface area contributed by atoms with Gasteiger partial charge in [-0.25, -0.2) is 14.1 Å². The van der Waals surface area contributed by atoms with Gasteiger partial charge in [-0.2, -0.15) is 23.5 Å². The molecule has 1 aliphatic heterocycles. The molecule has 3 aromatic rings. The highest BCUT2D eigenvalue weighted by Crippen LogP contribution is 2.57. The van der Waals surface area contributed by atoms with Crippen molar-refractivity contribution in [1.29, 1.82) is 5.26 Å². The molecule has 0 saturated carbocycles. The molecule has 2 heterocycles. The molecule has 0 radical (unpaired) electrons. The number of rotatable bonds is 3. The molecule has 2 aromatic carbocycles. The van der Waals surface area contributed by atoms with Gasteiger partial charge in [-0.3, -0.25) is 0 Å². The maximum Gasteiger partial charge on any atom is 0.409 e. The summed E-state index contributed by atoms with van der Waals surface area (Å²) in [5, 5.41) is 13.7. The second-order valence-corrected chi connectivity index (χ2v) is 8.41. The molecule has 1 atom stereocenters. The number of halogens is 5. The molecule has 1 aliphatic rings. The lowest BCUT2D eigenvalue weighted by Gasteiger charge is -2.30. The lowest BCUT2D eigenvalue weighted by molar-refractivity contribution is -0.159. The normalized spacial score (nSPS) is 18.9. The van der Waals surface area contributed by atoms with E-state index in [9.17, 15) is 18.4 Å². The molecule has 11 heteroatoms. The van der Waals surface area contributed by atoms with Gasteiger partial charge in [0.1, 0.15) is 18.7 Å². The van der Waals surface area contributed by atoms with E-state index >= 15 is 0 Å². The molecule has 0 amide bonds.